The number of anilines is 1. The number of aliphatic hydroxyl groups is 1. The van der Waals surface area contributed by atoms with E-state index in [-0.39, 0.29) is 31.4 Å². The Morgan fingerprint density at radius 1 is 1.46 bits per heavy atom. The van der Waals surface area contributed by atoms with Crippen molar-refractivity contribution in [1.29, 1.82) is 0 Å². The minimum atomic E-state index is -0.542. The Morgan fingerprint density at radius 3 is 2.88 bits per heavy atom. The molecule has 4 atom stereocenters. The third kappa shape index (κ3) is 2.96. The number of fused-ring (bicyclic) bond motifs is 1. The first kappa shape index (κ1) is 17.0. The molecule has 7 heteroatoms. The summed E-state index contributed by atoms with van der Waals surface area (Å²) in [6.07, 6.45) is 1.86. The minimum Gasteiger partial charge on any atom is -0.442 e. The molecule has 1 aromatic carbocycles. The van der Waals surface area contributed by atoms with Crippen molar-refractivity contribution in [1.82, 2.24) is 5.32 Å². The number of ether oxygens (including phenoxy) is 1. The molecule has 2 aliphatic carbocycles. The van der Waals surface area contributed by atoms with Gasteiger partial charge in [-0.05, 0) is 47.9 Å². The Morgan fingerprint density at radius 2 is 2.27 bits per heavy atom. The monoisotopic (exact) mass is 360 g/mol. The molecule has 138 valence electrons. The Balaban J connectivity index is 1.46. The second-order valence-corrected chi connectivity index (χ2v) is 7.20. The highest BCUT2D eigenvalue weighted by Gasteiger charge is 2.51. The molecule has 1 aromatic rings. The van der Waals surface area contributed by atoms with Crippen molar-refractivity contribution >= 4 is 23.3 Å². The van der Waals surface area contributed by atoms with Crippen LogP contribution >= 0.6 is 0 Å². The third-order valence-corrected chi connectivity index (χ3v) is 5.52. The SMILES string of the molecule is CC(=O)NC[C@H]1CN(c2ccc(C3=CC4C(CO)C4C3)c(F)c2)C(=O)O1. The van der Waals surface area contributed by atoms with Crippen LogP contribution in [-0.2, 0) is 9.53 Å². The summed E-state index contributed by atoms with van der Waals surface area (Å²) in [5.74, 6) is 0.588. The lowest BCUT2D eigenvalue weighted by atomic mass is 10.00. The predicted molar refractivity (Wildman–Crippen MR) is 92.8 cm³/mol. The van der Waals surface area contributed by atoms with Gasteiger partial charge in [-0.3, -0.25) is 9.69 Å². The Kier molecular flexibility index (Phi) is 4.19. The highest BCUT2D eigenvalue weighted by Crippen LogP contribution is 2.57. The molecule has 2 fully saturated rings. The van der Waals surface area contributed by atoms with Gasteiger partial charge in [0.15, 0.2) is 0 Å². The van der Waals surface area contributed by atoms with Crippen molar-refractivity contribution in [2.75, 3.05) is 24.6 Å². The van der Waals surface area contributed by atoms with E-state index in [1.807, 2.05) is 0 Å². The van der Waals surface area contributed by atoms with Crippen LogP contribution in [0, 0.1) is 23.6 Å². The van der Waals surface area contributed by atoms with E-state index in [0.717, 1.165) is 12.0 Å². The van der Waals surface area contributed by atoms with Gasteiger partial charge in [0.25, 0.3) is 0 Å². The normalized spacial score (nSPS) is 29.3. The summed E-state index contributed by atoms with van der Waals surface area (Å²) in [6, 6.07) is 4.77. The molecule has 26 heavy (non-hydrogen) atoms. The summed E-state index contributed by atoms with van der Waals surface area (Å²) in [5.41, 5.74) is 1.97. The molecular weight excluding hydrogens is 339 g/mol. The van der Waals surface area contributed by atoms with E-state index in [9.17, 15) is 19.1 Å². The topological polar surface area (TPSA) is 78.9 Å². The maximum Gasteiger partial charge on any atom is 0.414 e. The summed E-state index contributed by atoms with van der Waals surface area (Å²) in [6.45, 7) is 2.09. The van der Waals surface area contributed by atoms with Crippen molar-refractivity contribution in [3.8, 4) is 0 Å². The van der Waals surface area contributed by atoms with Crippen LogP contribution in [0.1, 0.15) is 18.9 Å². The molecule has 2 N–H and O–H groups in total. The Labute approximate surface area is 150 Å². The van der Waals surface area contributed by atoms with Gasteiger partial charge < -0.3 is 15.2 Å². The average molecular weight is 360 g/mol. The lowest BCUT2D eigenvalue weighted by molar-refractivity contribution is -0.119. The molecule has 0 bridgehead atoms. The lowest BCUT2D eigenvalue weighted by Crippen LogP contribution is -2.33. The summed E-state index contributed by atoms with van der Waals surface area (Å²) < 4.78 is 19.8. The number of cyclic esters (lactones) is 1. The van der Waals surface area contributed by atoms with Crippen LogP contribution in [0.25, 0.3) is 5.57 Å². The van der Waals surface area contributed by atoms with E-state index in [2.05, 4.69) is 11.4 Å². The van der Waals surface area contributed by atoms with Crippen LogP contribution in [0.5, 0.6) is 0 Å². The van der Waals surface area contributed by atoms with Crippen molar-refractivity contribution in [2.24, 2.45) is 17.8 Å². The number of nitrogens with zero attached hydrogens (tertiary/aromatic N) is 1. The first-order valence-electron chi connectivity index (χ1n) is 8.82. The van der Waals surface area contributed by atoms with E-state index in [4.69, 9.17) is 4.74 Å². The number of hydrogen-bond donors (Lipinski definition) is 2. The first-order valence-corrected chi connectivity index (χ1v) is 8.82. The summed E-state index contributed by atoms with van der Waals surface area (Å²) in [5, 5.41) is 11.8. The fourth-order valence-electron chi connectivity index (χ4n) is 4.05. The van der Waals surface area contributed by atoms with E-state index < -0.39 is 12.2 Å². The van der Waals surface area contributed by atoms with Crippen LogP contribution in [0.4, 0.5) is 14.9 Å². The van der Waals surface area contributed by atoms with Gasteiger partial charge in [0.2, 0.25) is 5.91 Å². The number of carbonyl (C=O) groups excluding carboxylic acids is 2. The van der Waals surface area contributed by atoms with Crippen LogP contribution in [0.15, 0.2) is 24.3 Å². The van der Waals surface area contributed by atoms with Gasteiger partial charge in [0, 0.05) is 19.1 Å². The highest BCUT2D eigenvalue weighted by molar-refractivity contribution is 5.90. The van der Waals surface area contributed by atoms with E-state index in [1.54, 1.807) is 12.1 Å². The summed E-state index contributed by atoms with van der Waals surface area (Å²) >= 11 is 0. The Hall–Kier alpha value is -2.41. The second kappa shape index (κ2) is 6.39. The third-order valence-electron chi connectivity index (χ3n) is 5.52. The molecule has 3 aliphatic rings. The van der Waals surface area contributed by atoms with Crippen LogP contribution in [0.3, 0.4) is 0 Å². The van der Waals surface area contributed by atoms with E-state index >= 15 is 0 Å². The maximum atomic E-state index is 14.6. The molecule has 1 aliphatic heterocycles. The van der Waals surface area contributed by atoms with E-state index in [0.29, 0.717) is 29.0 Å². The van der Waals surface area contributed by atoms with Gasteiger partial charge in [-0.1, -0.05) is 6.08 Å². The van der Waals surface area contributed by atoms with Gasteiger partial charge in [-0.2, -0.15) is 0 Å². The lowest BCUT2D eigenvalue weighted by Gasteiger charge is -2.15. The van der Waals surface area contributed by atoms with Crippen LogP contribution in [0.2, 0.25) is 0 Å². The number of halogens is 1. The summed E-state index contributed by atoms with van der Waals surface area (Å²) in [4.78, 5) is 24.4. The zero-order valence-electron chi connectivity index (χ0n) is 14.4. The quantitative estimate of drug-likeness (QED) is 0.841. The van der Waals surface area contributed by atoms with Gasteiger partial charge in [-0.25, -0.2) is 9.18 Å². The summed E-state index contributed by atoms with van der Waals surface area (Å²) in [7, 11) is 0. The number of aliphatic hydroxyl groups excluding tert-OH is 1. The molecule has 0 spiro atoms. The zero-order valence-corrected chi connectivity index (χ0v) is 14.4. The fraction of sp³-hybridized carbons (Fsp3) is 0.474. The minimum absolute atomic E-state index is 0.192. The number of amides is 2. The van der Waals surface area contributed by atoms with Gasteiger partial charge in [0.1, 0.15) is 11.9 Å². The molecule has 1 saturated carbocycles. The van der Waals surface area contributed by atoms with Gasteiger partial charge in [-0.15, -0.1) is 0 Å². The zero-order chi connectivity index (χ0) is 18.4. The highest BCUT2D eigenvalue weighted by atomic mass is 19.1. The number of hydrogen-bond acceptors (Lipinski definition) is 4. The van der Waals surface area contributed by atoms with Crippen molar-refractivity contribution in [2.45, 2.75) is 19.4 Å². The molecule has 4 rings (SSSR count). The molecule has 0 radical (unpaired) electrons. The first-order chi connectivity index (χ1) is 12.5. The molecule has 3 unspecified atom stereocenters. The molecular formula is C19H21FN2O4. The number of nitrogens with one attached hydrogen (secondary N) is 1. The average Bonchev–Trinajstić information content (AvgIpc) is 2.93. The van der Waals surface area contributed by atoms with Crippen molar-refractivity contribution in [3.63, 3.8) is 0 Å². The Bertz CT molecular complexity index is 794. The molecule has 6 nitrogen and oxygen atoms in total. The molecule has 0 aromatic heterocycles. The number of carbonyl (C=O) groups is 2. The molecule has 1 heterocycles. The standard InChI is InChI=1S/C19H21FN2O4/c1-10(24)21-7-13-8-22(19(25)26-13)12-2-3-14(18(20)6-12)11-4-15-16(5-11)17(15)9-23/h2-4,6,13,15-17,23H,5,7-9H2,1H3,(H,21,24)/t13-,15?,16?,17?/m0/s1. The smallest absolute Gasteiger partial charge is 0.414 e. The molecule has 2 amide bonds. The van der Waals surface area contributed by atoms with Gasteiger partial charge in [0.05, 0.1) is 18.8 Å². The fourth-order valence-corrected chi connectivity index (χ4v) is 4.05. The second-order valence-electron chi connectivity index (χ2n) is 7.20. The predicted octanol–water partition coefficient (Wildman–Crippen LogP) is 1.93. The van der Waals surface area contributed by atoms with E-state index in [1.165, 1.54) is 17.9 Å². The largest absolute Gasteiger partial charge is 0.442 e. The van der Waals surface area contributed by atoms with Crippen molar-refractivity contribution < 1.29 is 23.8 Å². The number of benzene rings is 1. The maximum absolute atomic E-state index is 14.6. The number of allylic oxidation sites excluding steroid dienone is 2. The van der Waals surface area contributed by atoms with Crippen LogP contribution in [-0.4, -0.2) is 42.9 Å². The number of rotatable bonds is 5. The molecule has 1 saturated heterocycles. The van der Waals surface area contributed by atoms with Crippen molar-refractivity contribution in [3.05, 3.63) is 35.7 Å². The van der Waals surface area contributed by atoms with Crippen LogP contribution < -0.4 is 10.2 Å². The van der Waals surface area contributed by atoms with Gasteiger partial charge >= 0.3 is 6.09 Å².